The molecule has 3 aromatic rings. The second kappa shape index (κ2) is 9.00. The molecule has 152 valence electrons. The van der Waals surface area contributed by atoms with Crippen molar-refractivity contribution in [2.45, 2.75) is 39.0 Å². The molecule has 0 atom stereocenters. The molecular weight excluding hydrogens is 386 g/mol. The molecule has 3 heterocycles. The quantitative estimate of drug-likeness (QED) is 0.579. The molecule has 0 aliphatic heterocycles. The molecule has 2 amide bonds. The number of thiophene rings is 1. The lowest BCUT2D eigenvalue weighted by Gasteiger charge is -2.13. The van der Waals surface area contributed by atoms with Crippen molar-refractivity contribution in [1.29, 1.82) is 0 Å². The third kappa shape index (κ3) is 5.51. The van der Waals surface area contributed by atoms with Crippen LogP contribution in [-0.2, 0) is 10.2 Å². The predicted molar refractivity (Wildman–Crippen MR) is 115 cm³/mol. The average Bonchev–Trinajstić information content (AvgIpc) is 3.35. The van der Waals surface area contributed by atoms with E-state index in [-0.39, 0.29) is 17.2 Å². The van der Waals surface area contributed by atoms with Gasteiger partial charge in [0.25, 0.3) is 5.91 Å². The van der Waals surface area contributed by atoms with E-state index in [1.54, 1.807) is 16.9 Å². The second-order valence-corrected chi connectivity index (χ2v) is 8.60. The molecule has 7 nitrogen and oxygen atoms in total. The number of pyridine rings is 1. The summed E-state index contributed by atoms with van der Waals surface area (Å²) < 4.78 is 1.65. The van der Waals surface area contributed by atoms with E-state index in [0.29, 0.717) is 35.9 Å². The first kappa shape index (κ1) is 20.7. The number of anilines is 1. The molecule has 0 aliphatic rings. The predicted octanol–water partition coefficient (Wildman–Crippen LogP) is 3.78. The van der Waals surface area contributed by atoms with Gasteiger partial charge in [-0.15, -0.1) is 11.3 Å². The van der Waals surface area contributed by atoms with Gasteiger partial charge in [-0.05, 0) is 30.0 Å². The molecule has 3 rings (SSSR count). The van der Waals surface area contributed by atoms with Crippen LogP contribution in [0.4, 0.5) is 5.82 Å². The molecule has 0 fully saturated rings. The Hall–Kier alpha value is -3.00. The largest absolute Gasteiger partial charge is 0.351 e. The Bertz CT molecular complexity index is 959. The van der Waals surface area contributed by atoms with Gasteiger partial charge in [0, 0.05) is 30.6 Å². The highest BCUT2D eigenvalue weighted by Gasteiger charge is 2.21. The summed E-state index contributed by atoms with van der Waals surface area (Å²) in [6.07, 6.45) is 2.53. The molecule has 0 saturated heterocycles. The summed E-state index contributed by atoms with van der Waals surface area (Å²) in [4.78, 5) is 29.4. The van der Waals surface area contributed by atoms with Crippen molar-refractivity contribution < 1.29 is 9.59 Å². The first-order valence-electron chi connectivity index (χ1n) is 9.48. The van der Waals surface area contributed by atoms with Crippen LogP contribution < -0.4 is 10.6 Å². The number of nitrogens with one attached hydrogen (secondary N) is 2. The lowest BCUT2D eigenvalue weighted by atomic mass is 9.92. The minimum Gasteiger partial charge on any atom is -0.351 e. The number of hydrogen-bond donors (Lipinski definition) is 2. The van der Waals surface area contributed by atoms with Crippen LogP contribution in [0.15, 0.2) is 48.0 Å². The number of hydrogen-bond acceptors (Lipinski definition) is 5. The lowest BCUT2D eigenvalue weighted by molar-refractivity contribution is -0.116. The minimum atomic E-state index is -0.161. The number of rotatable bonds is 7. The normalized spacial score (nSPS) is 11.3. The van der Waals surface area contributed by atoms with Gasteiger partial charge in [0.15, 0.2) is 5.82 Å². The summed E-state index contributed by atoms with van der Waals surface area (Å²) in [5, 5.41) is 12.3. The molecule has 0 radical (unpaired) electrons. The van der Waals surface area contributed by atoms with E-state index in [0.717, 1.165) is 5.69 Å². The third-order valence-corrected chi connectivity index (χ3v) is 5.09. The number of amides is 2. The van der Waals surface area contributed by atoms with Gasteiger partial charge < -0.3 is 10.6 Å². The Labute approximate surface area is 174 Å². The SMILES string of the molecule is CC(C)(C)c1cc(NC(=O)CCCNC(=O)c2cccs2)n(-c2ccccn2)n1. The molecule has 2 N–H and O–H groups in total. The molecule has 0 bridgehead atoms. The molecular formula is C21H25N5O2S. The van der Waals surface area contributed by atoms with Crippen molar-refractivity contribution in [3.05, 3.63) is 58.5 Å². The van der Waals surface area contributed by atoms with E-state index >= 15 is 0 Å². The van der Waals surface area contributed by atoms with E-state index in [1.165, 1.54) is 11.3 Å². The van der Waals surface area contributed by atoms with Crippen LogP contribution in [-0.4, -0.2) is 33.1 Å². The highest BCUT2D eigenvalue weighted by molar-refractivity contribution is 7.12. The van der Waals surface area contributed by atoms with Crippen molar-refractivity contribution in [3.63, 3.8) is 0 Å². The Kier molecular flexibility index (Phi) is 6.43. The van der Waals surface area contributed by atoms with Gasteiger partial charge in [0.05, 0.1) is 10.6 Å². The van der Waals surface area contributed by atoms with Gasteiger partial charge in [-0.2, -0.15) is 9.78 Å². The maximum Gasteiger partial charge on any atom is 0.261 e. The Morgan fingerprint density at radius 1 is 1.17 bits per heavy atom. The summed E-state index contributed by atoms with van der Waals surface area (Å²) in [7, 11) is 0. The number of carbonyl (C=O) groups excluding carboxylic acids is 2. The van der Waals surface area contributed by atoms with Crippen molar-refractivity contribution in [1.82, 2.24) is 20.1 Å². The van der Waals surface area contributed by atoms with Gasteiger partial charge in [-0.3, -0.25) is 9.59 Å². The van der Waals surface area contributed by atoms with E-state index < -0.39 is 0 Å². The monoisotopic (exact) mass is 411 g/mol. The Balaban J connectivity index is 1.60. The number of aromatic nitrogens is 3. The topological polar surface area (TPSA) is 88.9 Å². The molecule has 0 aromatic carbocycles. The van der Waals surface area contributed by atoms with Crippen LogP contribution >= 0.6 is 11.3 Å². The Morgan fingerprint density at radius 3 is 2.66 bits per heavy atom. The van der Waals surface area contributed by atoms with Crippen molar-refractivity contribution in [2.75, 3.05) is 11.9 Å². The fourth-order valence-electron chi connectivity index (χ4n) is 2.64. The van der Waals surface area contributed by atoms with Crippen LogP contribution in [0.1, 0.15) is 49.0 Å². The molecule has 0 spiro atoms. The molecule has 0 unspecified atom stereocenters. The van der Waals surface area contributed by atoms with Crippen LogP contribution in [0, 0.1) is 0 Å². The van der Waals surface area contributed by atoms with Gasteiger partial charge >= 0.3 is 0 Å². The zero-order chi connectivity index (χ0) is 20.9. The van der Waals surface area contributed by atoms with Crippen molar-refractivity contribution in [2.24, 2.45) is 0 Å². The highest BCUT2D eigenvalue weighted by atomic mass is 32.1. The zero-order valence-electron chi connectivity index (χ0n) is 16.8. The maximum atomic E-state index is 12.4. The standard InChI is InChI=1S/C21H25N5O2S/c1-21(2,3)16-14-18(26(25-16)17-9-4-5-11-22-17)24-19(27)10-6-12-23-20(28)15-8-7-13-29-15/h4-5,7-9,11,13-14H,6,10,12H2,1-3H3,(H,23,28)(H,24,27). The summed E-state index contributed by atoms with van der Waals surface area (Å²) in [6.45, 7) is 6.65. The third-order valence-electron chi connectivity index (χ3n) is 4.22. The van der Waals surface area contributed by atoms with E-state index in [4.69, 9.17) is 0 Å². The minimum absolute atomic E-state index is 0.108. The summed E-state index contributed by atoms with van der Waals surface area (Å²) in [5.74, 6) is 0.985. The maximum absolute atomic E-state index is 12.4. The molecule has 3 aromatic heterocycles. The summed E-state index contributed by atoms with van der Waals surface area (Å²) in [5.41, 5.74) is 0.702. The van der Waals surface area contributed by atoms with Gasteiger partial charge in [-0.1, -0.05) is 32.9 Å². The van der Waals surface area contributed by atoms with Crippen LogP contribution in [0.5, 0.6) is 0 Å². The highest BCUT2D eigenvalue weighted by Crippen LogP contribution is 2.25. The molecule has 0 saturated carbocycles. The smallest absolute Gasteiger partial charge is 0.261 e. The fourth-order valence-corrected chi connectivity index (χ4v) is 3.28. The van der Waals surface area contributed by atoms with E-state index in [1.807, 2.05) is 35.7 Å². The first-order chi connectivity index (χ1) is 13.8. The summed E-state index contributed by atoms with van der Waals surface area (Å²) in [6, 6.07) is 11.0. The zero-order valence-corrected chi connectivity index (χ0v) is 17.6. The Morgan fingerprint density at radius 2 is 2.00 bits per heavy atom. The first-order valence-corrected chi connectivity index (χ1v) is 10.4. The van der Waals surface area contributed by atoms with Gasteiger partial charge in [0.2, 0.25) is 5.91 Å². The van der Waals surface area contributed by atoms with Crippen LogP contribution in [0.25, 0.3) is 5.82 Å². The lowest BCUT2D eigenvalue weighted by Crippen LogP contribution is -2.24. The van der Waals surface area contributed by atoms with Gasteiger partial charge in [0.1, 0.15) is 5.82 Å². The molecule has 8 heteroatoms. The molecule has 29 heavy (non-hydrogen) atoms. The average molecular weight is 412 g/mol. The van der Waals surface area contributed by atoms with Crippen LogP contribution in [0.3, 0.4) is 0 Å². The van der Waals surface area contributed by atoms with Crippen molar-refractivity contribution in [3.8, 4) is 5.82 Å². The number of nitrogens with zero attached hydrogens (tertiary/aromatic N) is 3. The van der Waals surface area contributed by atoms with Crippen molar-refractivity contribution >= 4 is 29.0 Å². The van der Waals surface area contributed by atoms with Gasteiger partial charge in [-0.25, -0.2) is 4.98 Å². The molecule has 0 aliphatic carbocycles. The summed E-state index contributed by atoms with van der Waals surface area (Å²) >= 11 is 1.39. The number of carbonyl (C=O) groups is 2. The van der Waals surface area contributed by atoms with E-state index in [9.17, 15) is 9.59 Å². The second-order valence-electron chi connectivity index (χ2n) is 7.65. The van der Waals surface area contributed by atoms with Crippen LogP contribution in [0.2, 0.25) is 0 Å². The van der Waals surface area contributed by atoms with E-state index in [2.05, 4.69) is 41.5 Å². The fraction of sp³-hybridized carbons (Fsp3) is 0.333.